The lowest BCUT2D eigenvalue weighted by molar-refractivity contribution is 0.449. The van der Waals surface area contributed by atoms with E-state index in [1.807, 2.05) is 0 Å². The highest BCUT2D eigenvalue weighted by Crippen LogP contribution is 2.26. The minimum atomic E-state index is 0.0794. The van der Waals surface area contributed by atoms with Crippen LogP contribution in [0.4, 0.5) is 0 Å². The van der Waals surface area contributed by atoms with Crippen LogP contribution in [0, 0.1) is 0 Å². The standard InChI is InChI=1S/C8H12N2O2/c9-3-5-1-7(11)6(4-10)2-8(5)12/h1-2,11-12H,3-4,9-10H2. The molecule has 4 nitrogen and oxygen atoms in total. The molecule has 0 saturated heterocycles. The van der Waals surface area contributed by atoms with E-state index in [0.29, 0.717) is 11.1 Å². The molecule has 0 amide bonds. The average Bonchev–Trinajstić information content (AvgIpc) is 2.08. The van der Waals surface area contributed by atoms with Crippen LogP contribution in [0.5, 0.6) is 11.5 Å². The minimum Gasteiger partial charge on any atom is -0.508 e. The van der Waals surface area contributed by atoms with Crippen molar-refractivity contribution in [2.45, 2.75) is 13.1 Å². The van der Waals surface area contributed by atoms with Gasteiger partial charge in [0, 0.05) is 24.2 Å². The van der Waals surface area contributed by atoms with Gasteiger partial charge in [0.25, 0.3) is 0 Å². The summed E-state index contributed by atoms with van der Waals surface area (Å²) in [6.45, 7) is 0.397. The maximum absolute atomic E-state index is 9.30. The van der Waals surface area contributed by atoms with Gasteiger partial charge in [-0.1, -0.05) is 0 Å². The molecular weight excluding hydrogens is 156 g/mol. The van der Waals surface area contributed by atoms with E-state index in [-0.39, 0.29) is 24.6 Å². The third-order valence-corrected chi connectivity index (χ3v) is 1.72. The Balaban J connectivity index is 3.16. The predicted octanol–water partition coefficient (Wildman–Crippen LogP) is 0.0152. The van der Waals surface area contributed by atoms with Crippen molar-refractivity contribution in [3.63, 3.8) is 0 Å². The van der Waals surface area contributed by atoms with Gasteiger partial charge in [0.15, 0.2) is 0 Å². The van der Waals surface area contributed by atoms with Crippen LogP contribution in [0.2, 0.25) is 0 Å². The Bertz CT molecular complexity index is 257. The Labute approximate surface area is 70.4 Å². The van der Waals surface area contributed by atoms with Crippen LogP contribution < -0.4 is 11.5 Å². The monoisotopic (exact) mass is 168 g/mol. The van der Waals surface area contributed by atoms with Crippen molar-refractivity contribution in [3.05, 3.63) is 23.3 Å². The zero-order valence-electron chi connectivity index (χ0n) is 6.62. The largest absolute Gasteiger partial charge is 0.508 e. The van der Waals surface area contributed by atoms with E-state index in [9.17, 15) is 10.2 Å². The number of aromatic hydroxyl groups is 2. The van der Waals surface area contributed by atoms with Crippen LogP contribution in [0.25, 0.3) is 0 Å². The molecule has 0 bridgehead atoms. The Hall–Kier alpha value is -1.26. The number of nitrogens with two attached hydrogens (primary N) is 2. The number of benzene rings is 1. The molecule has 0 unspecified atom stereocenters. The van der Waals surface area contributed by atoms with Gasteiger partial charge in [0.05, 0.1) is 0 Å². The number of rotatable bonds is 2. The van der Waals surface area contributed by atoms with Gasteiger partial charge in [-0.15, -0.1) is 0 Å². The number of hydrogen-bond donors (Lipinski definition) is 4. The Morgan fingerprint density at radius 2 is 1.25 bits per heavy atom. The molecule has 12 heavy (non-hydrogen) atoms. The minimum absolute atomic E-state index is 0.0794. The number of phenolic OH excluding ortho intramolecular Hbond substituents is 2. The maximum atomic E-state index is 9.30. The van der Waals surface area contributed by atoms with Gasteiger partial charge in [-0.25, -0.2) is 0 Å². The van der Waals surface area contributed by atoms with Crippen molar-refractivity contribution >= 4 is 0 Å². The Kier molecular flexibility index (Phi) is 2.52. The third-order valence-electron chi connectivity index (χ3n) is 1.72. The molecule has 6 N–H and O–H groups in total. The van der Waals surface area contributed by atoms with E-state index in [0.717, 1.165) is 0 Å². The highest BCUT2D eigenvalue weighted by Gasteiger charge is 2.05. The van der Waals surface area contributed by atoms with E-state index in [2.05, 4.69) is 0 Å². The van der Waals surface area contributed by atoms with Gasteiger partial charge in [-0.05, 0) is 12.1 Å². The zero-order valence-corrected chi connectivity index (χ0v) is 6.62. The summed E-state index contributed by atoms with van der Waals surface area (Å²) in [4.78, 5) is 0. The fourth-order valence-corrected chi connectivity index (χ4v) is 0.990. The number of phenols is 2. The Morgan fingerprint density at radius 1 is 0.917 bits per heavy atom. The summed E-state index contributed by atoms with van der Waals surface area (Å²) in [5.41, 5.74) is 11.7. The van der Waals surface area contributed by atoms with Crippen LogP contribution >= 0.6 is 0 Å². The van der Waals surface area contributed by atoms with Crippen LogP contribution in [0.15, 0.2) is 12.1 Å². The second kappa shape index (κ2) is 3.42. The molecule has 0 radical (unpaired) electrons. The molecule has 66 valence electrons. The van der Waals surface area contributed by atoms with Crippen LogP contribution in [-0.4, -0.2) is 10.2 Å². The maximum Gasteiger partial charge on any atom is 0.120 e. The molecule has 0 aliphatic carbocycles. The fourth-order valence-electron chi connectivity index (χ4n) is 0.990. The summed E-state index contributed by atoms with van der Waals surface area (Å²) in [5.74, 6) is 0.159. The lowest BCUT2D eigenvalue weighted by atomic mass is 10.1. The summed E-state index contributed by atoms with van der Waals surface area (Å²) < 4.78 is 0. The van der Waals surface area contributed by atoms with E-state index in [4.69, 9.17) is 11.5 Å². The van der Waals surface area contributed by atoms with E-state index in [1.165, 1.54) is 12.1 Å². The first-order valence-corrected chi connectivity index (χ1v) is 3.63. The molecular formula is C8H12N2O2. The van der Waals surface area contributed by atoms with Crippen LogP contribution in [0.3, 0.4) is 0 Å². The Morgan fingerprint density at radius 3 is 1.50 bits per heavy atom. The molecule has 1 rings (SSSR count). The average molecular weight is 168 g/mol. The lowest BCUT2D eigenvalue weighted by Crippen LogP contribution is -2.00. The first-order valence-electron chi connectivity index (χ1n) is 3.63. The second-order valence-electron chi connectivity index (χ2n) is 2.52. The molecule has 0 atom stereocenters. The predicted molar refractivity (Wildman–Crippen MR) is 45.6 cm³/mol. The van der Waals surface area contributed by atoms with Crippen molar-refractivity contribution in [1.82, 2.24) is 0 Å². The summed E-state index contributed by atoms with van der Waals surface area (Å²) in [7, 11) is 0. The number of hydrogen-bond acceptors (Lipinski definition) is 4. The summed E-state index contributed by atoms with van der Waals surface area (Å²) in [6, 6.07) is 2.86. The molecule has 0 aromatic heterocycles. The van der Waals surface area contributed by atoms with E-state index >= 15 is 0 Å². The van der Waals surface area contributed by atoms with Crippen molar-refractivity contribution in [3.8, 4) is 11.5 Å². The second-order valence-corrected chi connectivity index (χ2v) is 2.52. The first-order chi connectivity index (χ1) is 5.69. The van der Waals surface area contributed by atoms with Gasteiger partial charge in [-0.2, -0.15) is 0 Å². The normalized spacial score (nSPS) is 10.2. The molecule has 0 heterocycles. The summed E-state index contributed by atoms with van der Waals surface area (Å²) >= 11 is 0. The molecule has 0 aliphatic rings. The molecule has 0 aliphatic heterocycles. The van der Waals surface area contributed by atoms with Crippen molar-refractivity contribution in [1.29, 1.82) is 0 Å². The topological polar surface area (TPSA) is 92.5 Å². The molecule has 0 fully saturated rings. The zero-order chi connectivity index (χ0) is 9.14. The molecule has 0 spiro atoms. The third kappa shape index (κ3) is 1.49. The SMILES string of the molecule is NCc1cc(O)c(CN)cc1O. The quantitative estimate of drug-likeness (QED) is 0.468. The fraction of sp³-hybridized carbons (Fsp3) is 0.250. The van der Waals surface area contributed by atoms with Gasteiger partial charge >= 0.3 is 0 Å². The highest BCUT2D eigenvalue weighted by atomic mass is 16.3. The smallest absolute Gasteiger partial charge is 0.120 e. The van der Waals surface area contributed by atoms with Crippen molar-refractivity contribution < 1.29 is 10.2 Å². The summed E-state index contributed by atoms with van der Waals surface area (Å²) in [5, 5.41) is 18.6. The molecule has 4 heteroatoms. The van der Waals surface area contributed by atoms with Gasteiger partial charge < -0.3 is 21.7 Å². The van der Waals surface area contributed by atoms with Crippen LogP contribution in [-0.2, 0) is 13.1 Å². The molecule has 1 aromatic rings. The van der Waals surface area contributed by atoms with Crippen molar-refractivity contribution in [2.24, 2.45) is 11.5 Å². The lowest BCUT2D eigenvalue weighted by Gasteiger charge is -2.06. The van der Waals surface area contributed by atoms with Gasteiger partial charge in [0.2, 0.25) is 0 Å². The van der Waals surface area contributed by atoms with Crippen LogP contribution in [0.1, 0.15) is 11.1 Å². The highest BCUT2D eigenvalue weighted by molar-refractivity contribution is 5.44. The molecule has 1 aromatic carbocycles. The van der Waals surface area contributed by atoms with E-state index < -0.39 is 0 Å². The summed E-state index contributed by atoms with van der Waals surface area (Å²) in [6.07, 6.45) is 0. The first kappa shape index (κ1) is 8.83. The van der Waals surface area contributed by atoms with E-state index in [1.54, 1.807) is 0 Å². The van der Waals surface area contributed by atoms with Gasteiger partial charge in [-0.3, -0.25) is 0 Å². The van der Waals surface area contributed by atoms with Gasteiger partial charge in [0.1, 0.15) is 11.5 Å². The molecule has 0 saturated carbocycles. The van der Waals surface area contributed by atoms with Crippen molar-refractivity contribution in [2.75, 3.05) is 0 Å².